The van der Waals surface area contributed by atoms with Crippen molar-refractivity contribution in [2.24, 2.45) is 0 Å². The van der Waals surface area contributed by atoms with Crippen molar-refractivity contribution in [1.29, 1.82) is 0 Å². The third-order valence-corrected chi connectivity index (χ3v) is 7.81. The maximum Gasteiger partial charge on any atom is 0.261 e. The summed E-state index contributed by atoms with van der Waals surface area (Å²) in [7, 11) is -4.10. The van der Waals surface area contributed by atoms with Crippen LogP contribution in [0.15, 0.2) is 71.6 Å². The van der Waals surface area contributed by atoms with Crippen LogP contribution in [0.5, 0.6) is 0 Å². The van der Waals surface area contributed by atoms with E-state index in [-0.39, 0.29) is 33.9 Å². The molecule has 0 aromatic heterocycles. The summed E-state index contributed by atoms with van der Waals surface area (Å²) in [5.41, 5.74) is 1.65. The van der Waals surface area contributed by atoms with Gasteiger partial charge in [-0.05, 0) is 55.7 Å². The standard InChI is InChI=1S/C27H27ClN2O4S/c1-18-12-14-22(17-23(18)27(32)29-21-10-6-3-7-11-21)35(33,34)30-25-15-13-20(28)16-24(25)26(31)19-8-4-2-5-9-19/h2,4-5,8-9,12-17,21,30H,3,6-7,10-11H2,1H3,(H,29,32). The van der Waals surface area contributed by atoms with Gasteiger partial charge in [0.05, 0.1) is 10.6 Å². The molecule has 1 aliphatic carbocycles. The number of sulfonamides is 1. The zero-order valence-corrected chi connectivity index (χ0v) is 21.0. The van der Waals surface area contributed by atoms with Crippen LogP contribution in [0.2, 0.25) is 5.02 Å². The number of rotatable bonds is 7. The van der Waals surface area contributed by atoms with Gasteiger partial charge in [-0.1, -0.05) is 67.3 Å². The molecule has 1 fully saturated rings. The molecule has 6 nitrogen and oxygen atoms in total. The van der Waals surface area contributed by atoms with Crippen LogP contribution in [0, 0.1) is 6.92 Å². The van der Waals surface area contributed by atoms with Gasteiger partial charge in [-0.15, -0.1) is 0 Å². The number of ketones is 1. The number of hydrogen-bond acceptors (Lipinski definition) is 4. The van der Waals surface area contributed by atoms with Crippen LogP contribution in [0.4, 0.5) is 5.69 Å². The molecule has 8 heteroatoms. The summed E-state index contributed by atoms with van der Waals surface area (Å²) < 4.78 is 29.1. The molecule has 1 aliphatic rings. The number of hydrogen-bond donors (Lipinski definition) is 2. The zero-order valence-electron chi connectivity index (χ0n) is 19.4. The molecular weight excluding hydrogens is 484 g/mol. The molecule has 0 aliphatic heterocycles. The Hall–Kier alpha value is -3.16. The fraction of sp³-hybridized carbons (Fsp3) is 0.259. The normalized spacial score (nSPS) is 14.3. The van der Waals surface area contributed by atoms with Crippen LogP contribution < -0.4 is 10.0 Å². The molecule has 0 atom stereocenters. The number of benzene rings is 3. The molecule has 0 heterocycles. The Balaban J connectivity index is 1.62. The Morgan fingerprint density at radius 3 is 2.31 bits per heavy atom. The van der Waals surface area contributed by atoms with Crippen molar-refractivity contribution in [2.75, 3.05) is 4.72 Å². The predicted octanol–water partition coefficient (Wildman–Crippen LogP) is 5.74. The summed E-state index contributed by atoms with van der Waals surface area (Å²) in [4.78, 5) is 25.9. The van der Waals surface area contributed by atoms with Crippen molar-refractivity contribution in [3.05, 3.63) is 94.0 Å². The third-order valence-electron chi connectivity index (χ3n) is 6.21. The second-order valence-corrected chi connectivity index (χ2v) is 10.9. The van der Waals surface area contributed by atoms with Crippen molar-refractivity contribution in [2.45, 2.75) is 50.0 Å². The van der Waals surface area contributed by atoms with Gasteiger partial charge in [0.1, 0.15) is 0 Å². The minimum absolute atomic E-state index is 0.0649. The second kappa shape index (κ2) is 10.6. The molecule has 3 aromatic rings. The van der Waals surface area contributed by atoms with Gasteiger partial charge in [0.2, 0.25) is 0 Å². The number of carbonyl (C=O) groups is 2. The first kappa shape index (κ1) is 24.9. The average molecular weight is 511 g/mol. The lowest BCUT2D eigenvalue weighted by molar-refractivity contribution is 0.0926. The third kappa shape index (κ3) is 5.92. The molecule has 0 spiro atoms. The molecule has 182 valence electrons. The van der Waals surface area contributed by atoms with Crippen LogP contribution in [-0.4, -0.2) is 26.2 Å². The molecule has 0 saturated heterocycles. The monoisotopic (exact) mass is 510 g/mol. The fourth-order valence-electron chi connectivity index (χ4n) is 4.27. The first-order chi connectivity index (χ1) is 16.7. The smallest absolute Gasteiger partial charge is 0.261 e. The number of anilines is 1. The van der Waals surface area contributed by atoms with Gasteiger partial charge in [0.25, 0.3) is 15.9 Å². The molecule has 4 rings (SSSR count). The van der Waals surface area contributed by atoms with E-state index in [4.69, 9.17) is 11.6 Å². The molecule has 2 N–H and O–H groups in total. The zero-order chi connectivity index (χ0) is 25.0. The summed E-state index contributed by atoms with van der Waals surface area (Å²) in [5.74, 6) is -0.639. The minimum atomic E-state index is -4.10. The quantitative estimate of drug-likeness (QED) is 0.396. The summed E-state index contributed by atoms with van der Waals surface area (Å²) in [5, 5.41) is 3.35. The number of halogens is 1. The van der Waals surface area contributed by atoms with Gasteiger partial charge in [-0.3, -0.25) is 14.3 Å². The van der Waals surface area contributed by atoms with Crippen molar-refractivity contribution < 1.29 is 18.0 Å². The lowest BCUT2D eigenvalue weighted by Crippen LogP contribution is -2.36. The van der Waals surface area contributed by atoms with Crippen molar-refractivity contribution in [3.63, 3.8) is 0 Å². The van der Waals surface area contributed by atoms with E-state index in [9.17, 15) is 18.0 Å². The Labute approximate surface area is 210 Å². The highest BCUT2D eigenvalue weighted by Gasteiger charge is 2.23. The van der Waals surface area contributed by atoms with Crippen molar-refractivity contribution in [3.8, 4) is 0 Å². The first-order valence-corrected chi connectivity index (χ1v) is 13.4. The summed E-state index contributed by atoms with van der Waals surface area (Å²) in [6, 6.07) is 17.5. The Morgan fingerprint density at radius 2 is 1.60 bits per heavy atom. The van der Waals surface area contributed by atoms with Crippen LogP contribution in [0.3, 0.4) is 0 Å². The topological polar surface area (TPSA) is 92.3 Å². The van der Waals surface area contributed by atoms with E-state index in [1.807, 2.05) is 0 Å². The number of nitrogens with one attached hydrogen (secondary N) is 2. The van der Waals surface area contributed by atoms with Gasteiger partial charge in [-0.2, -0.15) is 0 Å². The fourth-order valence-corrected chi connectivity index (χ4v) is 5.54. The minimum Gasteiger partial charge on any atom is -0.349 e. The van der Waals surface area contributed by atoms with Crippen molar-refractivity contribution >= 4 is 39.0 Å². The summed E-state index contributed by atoms with van der Waals surface area (Å²) in [6.45, 7) is 1.77. The molecule has 3 aromatic carbocycles. The average Bonchev–Trinajstić information content (AvgIpc) is 2.86. The van der Waals surface area contributed by atoms with Crippen LogP contribution >= 0.6 is 11.6 Å². The molecule has 0 radical (unpaired) electrons. The number of amides is 1. The van der Waals surface area contributed by atoms with Gasteiger partial charge in [-0.25, -0.2) is 8.42 Å². The largest absolute Gasteiger partial charge is 0.349 e. The Kier molecular flexibility index (Phi) is 7.57. The van der Waals surface area contributed by atoms with E-state index in [0.717, 1.165) is 25.7 Å². The highest BCUT2D eigenvalue weighted by atomic mass is 35.5. The van der Waals surface area contributed by atoms with Gasteiger partial charge < -0.3 is 5.32 Å². The number of carbonyl (C=O) groups excluding carboxylic acids is 2. The molecule has 0 unspecified atom stereocenters. The molecular formula is C27H27ClN2O4S. The molecule has 1 saturated carbocycles. The van der Waals surface area contributed by atoms with E-state index in [2.05, 4.69) is 10.0 Å². The van der Waals surface area contributed by atoms with Gasteiger partial charge in [0.15, 0.2) is 5.78 Å². The molecule has 1 amide bonds. The van der Waals surface area contributed by atoms with E-state index < -0.39 is 10.0 Å². The summed E-state index contributed by atoms with van der Waals surface area (Å²) in [6.07, 6.45) is 5.18. The Bertz CT molecular complexity index is 1350. The predicted molar refractivity (Wildman–Crippen MR) is 138 cm³/mol. The number of aryl methyl sites for hydroxylation is 1. The van der Waals surface area contributed by atoms with E-state index in [0.29, 0.717) is 21.7 Å². The van der Waals surface area contributed by atoms with Crippen LogP contribution in [-0.2, 0) is 10.0 Å². The van der Waals surface area contributed by atoms with Crippen molar-refractivity contribution in [1.82, 2.24) is 5.32 Å². The second-order valence-electron chi connectivity index (χ2n) is 8.78. The van der Waals surface area contributed by atoms with E-state index in [1.54, 1.807) is 43.3 Å². The van der Waals surface area contributed by atoms with E-state index >= 15 is 0 Å². The highest BCUT2D eigenvalue weighted by Crippen LogP contribution is 2.27. The maximum absolute atomic E-state index is 13.3. The highest BCUT2D eigenvalue weighted by molar-refractivity contribution is 7.92. The maximum atomic E-state index is 13.3. The molecule has 0 bridgehead atoms. The lowest BCUT2D eigenvalue weighted by atomic mass is 9.95. The summed E-state index contributed by atoms with van der Waals surface area (Å²) >= 11 is 6.12. The van der Waals surface area contributed by atoms with Gasteiger partial charge >= 0.3 is 0 Å². The molecule has 35 heavy (non-hydrogen) atoms. The SMILES string of the molecule is Cc1ccc(S(=O)(=O)Nc2ccc(Cl)cc2C(=O)c2ccccc2)cc1C(=O)NC1CCCCC1. The first-order valence-electron chi connectivity index (χ1n) is 11.6. The van der Waals surface area contributed by atoms with Crippen LogP contribution in [0.1, 0.15) is 63.9 Å². The van der Waals surface area contributed by atoms with Crippen LogP contribution in [0.25, 0.3) is 0 Å². The van der Waals surface area contributed by atoms with Gasteiger partial charge in [0, 0.05) is 27.8 Å². The Morgan fingerprint density at radius 1 is 0.886 bits per heavy atom. The lowest BCUT2D eigenvalue weighted by Gasteiger charge is -2.23. The van der Waals surface area contributed by atoms with E-state index in [1.165, 1.54) is 36.8 Å².